The molecular weight excluding hydrogens is 278 g/mol. The van der Waals surface area contributed by atoms with Crippen LogP contribution in [0.4, 0.5) is 0 Å². The quantitative estimate of drug-likeness (QED) is 0.891. The van der Waals surface area contributed by atoms with E-state index in [4.69, 9.17) is 11.5 Å². The van der Waals surface area contributed by atoms with Crippen LogP contribution >= 0.6 is 0 Å². The van der Waals surface area contributed by atoms with Crippen LogP contribution in [0.1, 0.15) is 59.4 Å². The van der Waals surface area contributed by atoms with Crippen molar-refractivity contribution in [1.82, 2.24) is 4.90 Å². The molecule has 22 heavy (non-hydrogen) atoms. The molecule has 1 aliphatic heterocycles. The van der Waals surface area contributed by atoms with Crippen molar-refractivity contribution < 1.29 is 9.59 Å². The van der Waals surface area contributed by atoms with Gasteiger partial charge in [0.1, 0.15) is 0 Å². The Balaban J connectivity index is 2.48. The molecule has 1 fully saturated rings. The molecule has 1 aromatic carbocycles. The summed E-state index contributed by atoms with van der Waals surface area (Å²) in [6.45, 7) is 7.59. The fraction of sp³-hybridized carbons (Fsp3) is 0.529. The van der Waals surface area contributed by atoms with Crippen LogP contribution in [-0.4, -0.2) is 35.8 Å². The van der Waals surface area contributed by atoms with Gasteiger partial charge in [-0.05, 0) is 63.4 Å². The highest BCUT2D eigenvalue weighted by molar-refractivity contribution is 5.99. The van der Waals surface area contributed by atoms with Gasteiger partial charge in [-0.15, -0.1) is 0 Å². The second-order valence-corrected chi connectivity index (χ2v) is 6.79. The maximum Gasteiger partial charge on any atom is 0.249 e. The van der Waals surface area contributed by atoms with Crippen molar-refractivity contribution in [3.63, 3.8) is 0 Å². The van der Waals surface area contributed by atoms with E-state index in [2.05, 4.69) is 32.7 Å². The summed E-state index contributed by atoms with van der Waals surface area (Å²) < 4.78 is 0. The SMILES string of the molecule is CC1C(c2ccc(C(N)=O)cc2C(N)=O)CCN(C)C1(C)C. The normalized spacial score (nSPS) is 24.9. The minimum atomic E-state index is -0.550. The summed E-state index contributed by atoms with van der Waals surface area (Å²) in [5.74, 6) is -0.479. The van der Waals surface area contributed by atoms with E-state index in [0.29, 0.717) is 17.0 Å². The van der Waals surface area contributed by atoms with E-state index in [1.165, 1.54) is 6.07 Å². The van der Waals surface area contributed by atoms with Gasteiger partial charge < -0.3 is 16.4 Å². The largest absolute Gasteiger partial charge is 0.366 e. The van der Waals surface area contributed by atoms with Crippen molar-refractivity contribution in [3.8, 4) is 0 Å². The number of hydrogen-bond acceptors (Lipinski definition) is 3. The predicted molar refractivity (Wildman–Crippen MR) is 86.7 cm³/mol. The molecule has 1 aromatic rings. The van der Waals surface area contributed by atoms with E-state index in [1.54, 1.807) is 6.07 Å². The van der Waals surface area contributed by atoms with E-state index < -0.39 is 11.8 Å². The van der Waals surface area contributed by atoms with Gasteiger partial charge in [-0.3, -0.25) is 9.59 Å². The number of nitrogens with two attached hydrogens (primary N) is 2. The zero-order valence-electron chi connectivity index (χ0n) is 13.7. The summed E-state index contributed by atoms with van der Waals surface area (Å²) in [6, 6.07) is 5.04. The average Bonchev–Trinajstić information content (AvgIpc) is 2.45. The van der Waals surface area contributed by atoms with Crippen LogP contribution in [0.5, 0.6) is 0 Å². The van der Waals surface area contributed by atoms with Gasteiger partial charge in [-0.2, -0.15) is 0 Å². The third kappa shape index (κ3) is 2.73. The van der Waals surface area contributed by atoms with E-state index in [1.807, 2.05) is 6.07 Å². The number of nitrogens with zero attached hydrogens (tertiary/aromatic N) is 1. The molecule has 1 saturated heterocycles. The van der Waals surface area contributed by atoms with Gasteiger partial charge in [0.05, 0.1) is 0 Å². The summed E-state index contributed by atoms with van der Waals surface area (Å²) in [4.78, 5) is 25.5. The number of carbonyl (C=O) groups excluding carboxylic acids is 2. The number of piperidine rings is 1. The number of amides is 2. The molecule has 1 heterocycles. The molecule has 5 nitrogen and oxygen atoms in total. The highest BCUT2D eigenvalue weighted by atomic mass is 16.1. The van der Waals surface area contributed by atoms with E-state index >= 15 is 0 Å². The molecule has 2 amide bonds. The summed E-state index contributed by atoms with van der Waals surface area (Å²) in [5, 5.41) is 0. The summed E-state index contributed by atoms with van der Waals surface area (Å²) in [5.41, 5.74) is 12.5. The molecule has 1 aliphatic rings. The van der Waals surface area contributed by atoms with Crippen LogP contribution in [0, 0.1) is 5.92 Å². The van der Waals surface area contributed by atoms with Gasteiger partial charge in [-0.1, -0.05) is 13.0 Å². The Morgan fingerprint density at radius 1 is 1.23 bits per heavy atom. The average molecular weight is 303 g/mol. The second kappa shape index (κ2) is 5.72. The van der Waals surface area contributed by atoms with Crippen molar-refractivity contribution in [2.45, 2.75) is 38.6 Å². The molecule has 4 N–H and O–H groups in total. The maximum absolute atomic E-state index is 11.8. The lowest BCUT2D eigenvalue weighted by Crippen LogP contribution is -2.53. The van der Waals surface area contributed by atoms with Crippen molar-refractivity contribution in [3.05, 3.63) is 34.9 Å². The number of rotatable bonds is 3. The molecule has 2 unspecified atom stereocenters. The molecule has 0 saturated carbocycles. The summed E-state index contributed by atoms with van der Waals surface area (Å²) in [6.07, 6.45) is 0.956. The number of hydrogen-bond donors (Lipinski definition) is 2. The van der Waals surface area contributed by atoms with Crippen LogP contribution in [0.15, 0.2) is 18.2 Å². The highest BCUT2D eigenvalue weighted by Gasteiger charge is 2.41. The van der Waals surface area contributed by atoms with Crippen LogP contribution in [0.3, 0.4) is 0 Å². The zero-order chi connectivity index (χ0) is 16.7. The van der Waals surface area contributed by atoms with Crippen LogP contribution in [0.25, 0.3) is 0 Å². The van der Waals surface area contributed by atoms with Crippen molar-refractivity contribution in [2.75, 3.05) is 13.6 Å². The first kappa shape index (κ1) is 16.5. The predicted octanol–water partition coefficient (Wildman–Crippen LogP) is 1.72. The Morgan fingerprint density at radius 3 is 2.41 bits per heavy atom. The Bertz CT molecular complexity index is 610. The molecular formula is C17H25N3O2. The maximum atomic E-state index is 11.8. The van der Waals surface area contributed by atoms with Gasteiger partial charge in [0.15, 0.2) is 0 Å². The lowest BCUT2D eigenvalue weighted by molar-refractivity contribution is 0.0383. The highest BCUT2D eigenvalue weighted by Crippen LogP contribution is 2.42. The van der Waals surface area contributed by atoms with Gasteiger partial charge in [-0.25, -0.2) is 0 Å². The monoisotopic (exact) mass is 303 g/mol. The molecule has 0 radical (unpaired) electrons. The van der Waals surface area contributed by atoms with E-state index in [9.17, 15) is 9.59 Å². The molecule has 0 spiro atoms. The lowest BCUT2D eigenvalue weighted by Gasteiger charge is -2.49. The Morgan fingerprint density at radius 2 is 1.86 bits per heavy atom. The van der Waals surface area contributed by atoms with Crippen molar-refractivity contribution in [2.24, 2.45) is 17.4 Å². The van der Waals surface area contributed by atoms with Gasteiger partial charge in [0.2, 0.25) is 11.8 Å². The van der Waals surface area contributed by atoms with Crippen molar-refractivity contribution in [1.29, 1.82) is 0 Å². The molecule has 5 heteroatoms. The minimum absolute atomic E-state index is 0.0280. The van der Waals surface area contributed by atoms with Crippen LogP contribution < -0.4 is 11.5 Å². The van der Waals surface area contributed by atoms with Crippen LogP contribution in [-0.2, 0) is 0 Å². The van der Waals surface area contributed by atoms with Crippen molar-refractivity contribution >= 4 is 11.8 Å². The third-order valence-electron chi connectivity index (χ3n) is 5.48. The first-order valence-corrected chi connectivity index (χ1v) is 7.61. The smallest absolute Gasteiger partial charge is 0.249 e. The third-order valence-corrected chi connectivity index (χ3v) is 5.48. The van der Waals surface area contributed by atoms with Gasteiger partial charge >= 0.3 is 0 Å². The fourth-order valence-electron chi connectivity index (χ4n) is 3.38. The minimum Gasteiger partial charge on any atom is -0.366 e. The lowest BCUT2D eigenvalue weighted by atomic mass is 9.69. The number of carbonyl (C=O) groups is 2. The fourth-order valence-corrected chi connectivity index (χ4v) is 3.38. The van der Waals surface area contributed by atoms with E-state index in [-0.39, 0.29) is 11.5 Å². The molecule has 120 valence electrons. The standard InChI is InChI=1S/C17H25N3O2/c1-10-12(7-8-20(4)17(10,2)3)13-6-5-11(15(18)21)9-14(13)16(19)22/h5-6,9-10,12H,7-8H2,1-4H3,(H2,18,21)(H2,19,22). The second-order valence-electron chi connectivity index (χ2n) is 6.79. The molecule has 2 atom stereocenters. The molecule has 0 bridgehead atoms. The first-order chi connectivity index (χ1) is 10.2. The zero-order valence-corrected chi connectivity index (χ0v) is 13.7. The molecule has 0 aromatic heterocycles. The molecule has 2 rings (SSSR count). The Labute approximate surface area is 131 Å². The number of primary amides is 2. The number of likely N-dealkylation sites (tertiary alicyclic amines) is 1. The Hall–Kier alpha value is -1.88. The first-order valence-electron chi connectivity index (χ1n) is 7.61. The van der Waals surface area contributed by atoms with Gasteiger partial charge in [0.25, 0.3) is 0 Å². The summed E-state index contributed by atoms with van der Waals surface area (Å²) in [7, 11) is 2.12. The molecule has 0 aliphatic carbocycles. The van der Waals surface area contributed by atoms with E-state index in [0.717, 1.165) is 18.5 Å². The summed E-state index contributed by atoms with van der Waals surface area (Å²) >= 11 is 0. The number of benzene rings is 1. The van der Waals surface area contributed by atoms with Crippen LogP contribution in [0.2, 0.25) is 0 Å². The van der Waals surface area contributed by atoms with Gasteiger partial charge in [0, 0.05) is 16.7 Å². The Kier molecular flexibility index (Phi) is 4.29. The topological polar surface area (TPSA) is 89.4 Å².